The van der Waals surface area contributed by atoms with Crippen molar-refractivity contribution >= 4 is 5.91 Å². The Bertz CT molecular complexity index is 665. The molecule has 0 aliphatic carbocycles. The number of aryl methyl sites for hydroxylation is 2. The summed E-state index contributed by atoms with van der Waals surface area (Å²) in [4.78, 5) is 11.8. The van der Waals surface area contributed by atoms with Gasteiger partial charge in [0.05, 0.1) is 18.2 Å². The van der Waals surface area contributed by atoms with E-state index in [0.717, 1.165) is 30.5 Å². The van der Waals surface area contributed by atoms with Crippen molar-refractivity contribution < 1.29 is 18.0 Å². The Hall–Kier alpha value is -2.31. The molecule has 7 heteroatoms. The molecule has 0 aliphatic rings. The highest BCUT2D eigenvalue weighted by atomic mass is 19.4. The molecule has 0 spiro atoms. The van der Waals surface area contributed by atoms with Gasteiger partial charge in [0.15, 0.2) is 0 Å². The summed E-state index contributed by atoms with van der Waals surface area (Å²) in [5.41, 5.74) is 0.698. The standard InChI is InChI=1S/C16H18F3N3O/c1-22-11-13(10-21-22)5-3-7-20-15(23)9-12-4-2-6-14(8-12)16(17,18)19/h2,4,6,8,10-11H,3,5,7,9H2,1H3,(H,20,23). The molecule has 2 rings (SSSR count). The van der Waals surface area contributed by atoms with Gasteiger partial charge in [0.1, 0.15) is 0 Å². The van der Waals surface area contributed by atoms with E-state index < -0.39 is 11.7 Å². The van der Waals surface area contributed by atoms with Crippen LogP contribution in [0.2, 0.25) is 0 Å². The molecule has 4 nitrogen and oxygen atoms in total. The average Bonchev–Trinajstić information content (AvgIpc) is 2.89. The Labute approximate surface area is 132 Å². The van der Waals surface area contributed by atoms with E-state index in [1.165, 1.54) is 12.1 Å². The number of nitrogens with zero attached hydrogens (tertiary/aromatic N) is 2. The van der Waals surface area contributed by atoms with Crippen molar-refractivity contribution in [1.82, 2.24) is 15.1 Å². The van der Waals surface area contributed by atoms with Crippen LogP contribution < -0.4 is 5.32 Å². The van der Waals surface area contributed by atoms with Gasteiger partial charge in [-0.3, -0.25) is 9.48 Å². The van der Waals surface area contributed by atoms with Crippen LogP contribution in [0, 0.1) is 0 Å². The molecule has 0 fully saturated rings. The van der Waals surface area contributed by atoms with Gasteiger partial charge in [0.25, 0.3) is 0 Å². The third-order valence-corrected chi connectivity index (χ3v) is 3.34. The van der Waals surface area contributed by atoms with Crippen LogP contribution in [0.4, 0.5) is 13.2 Å². The van der Waals surface area contributed by atoms with Crippen LogP contribution in [0.3, 0.4) is 0 Å². The number of nitrogens with one attached hydrogen (secondary N) is 1. The summed E-state index contributed by atoms with van der Waals surface area (Å²) < 4.78 is 39.5. The van der Waals surface area contributed by atoms with Gasteiger partial charge in [-0.15, -0.1) is 0 Å². The molecule has 0 aliphatic heterocycles. The summed E-state index contributed by atoms with van der Waals surface area (Å²) in [6.07, 6.45) is 0.764. The number of benzene rings is 1. The number of carbonyl (C=O) groups is 1. The van der Waals surface area contributed by atoms with Crippen LogP contribution >= 0.6 is 0 Å². The maximum atomic E-state index is 12.6. The smallest absolute Gasteiger partial charge is 0.356 e. The van der Waals surface area contributed by atoms with Gasteiger partial charge >= 0.3 is 6.18 Å². The Morgan fingerprint density at radius 2 is 2.09 bits per heavy atom. The van der Waals surface area contributed by atoms with Gasteiger partial charge in [-0.25, -0.2) is 0 Å². The van der Waals surface area contributed by atoms with Crippen LogP contribution in [0.5, 0.6) is 0 Å². The summed E-state index contributed by atoms with van der Waals surface area (Å²) in [5, 5.41) is 6.77. The first-order valence-electron chi connectivity index (χ1n) is 7.25. The van der Waals surface area contributed by atoms with Crippen molar-refractivity contribution in [2.24, 2.45) is 7.05 Å². The molecular formula is C16H18F3N3O. The number of carbonyl (C=O) groups excluding carboxylic acids is 1. The topological polar surface area (TPSA) is 46.9 Å². The van der Waals surface area contributed by atoms with Crippen molar-refractivity contribution in [2.75, 3.05) is 6.54 Å². The fraction of sp³-hybridized carbons (Fsp3) is 0.375. The number of amides is 1. The average molecular weight is 325 g/mol. The Morgan fingerprint density at radius 1 is 1.30 bits per heavy atom. The monoisotopic (exact) mass is 325 g/mol. The second kappa shape index (κ2) is 7.30. The number of rotatable bonds is 6. The quantitative estimate of drug-likeness (QED) is 0.830. The molecule has 0 unspecified atom stereocenters. The van der Waals surface area contributed by atoms with Crippen LogP contribution in [0.25, 0.3) is 0 Å². The van der Waals surface area contributed by atoms with E-state index in [1.807, 2.05) is 13.2 Å². The normalized spacial score (nSPS) is 11.5. The number of halogens is 3. The second-order valence-corrected chi connectivity index (χ2v) is 5.35. The Morgan fingerprint density at radius 3 is 2.74 bits per heavy atom. The zero-order chi connectivity index (χ0) is 16.9. The molecule has 2 aromatic rings. The molecule has 1 aromatic heterocycles. The summed E-state index contributed by atoms with van der Waals surface area (Å²) in [6.45, 7) is 0.479. The van der Waals surface area contributed by atoms with Gasteiger partial charge in [-0.05, 0) is 30.0 Å². The lowest BCUT2D eigenvalue weighted by Gasteiger charge is -2.09. The highest BCUT2D eigenvalue weighted by Crippen LogP contribution is 2.29. The van der Waals surface area contributed by atoms with E-state index in [2.05, 4.69) is 10.4 Å². The Kier molecular flexibility index (Phi) is 5.41. The zero-order valence-electron chi connectivity index (χ0n) is 12.7. The highest BCUT2D eigenvalue weighted by molar-refractivity contribution is 5.78. The van der Waals surface area contributed by atoms with Crippen molar-refractivity contribution in [2.45, 2.75) is 25.4 Å². The van der Waals surface area contributed by atoms with Crippen molar-refractivity contribution in [3.05, 3.63) is 53.3 Å². The predicted molar refractivity (Wildman–Crippen MR) is 79.7 cm³/mol. The molecule has 23 heavy (non-hydrogen) atoms. The molecule has 1 heterocycles. The van der Waals surface area contributed by atoms with E-state index in [1.54, 1.807) is 10.9 Å². The first-order valence-corrected chi connectivity index (χ1v) is 7.25. The lowest BCUT2D eigenvalue weighted by Crippen LogP contribution is -2.26. The SMILES string of the molecule is Cn1cc(CCCNC(=O)Cc2cccc(C(F)(F)F)c2)cn1. The minimum Gasteiger partial charge on any atom is -0.356 e. The first kappa shape index (κ1) is 17.1. The van der Waals surface area contributed by atoms with E-state index in [-0.39, 0.29) is 12.3 Å². The molecule has 0 radical (unpaired) electrons. The van der Waals surface area contributed by atoms with Gasteiger partial charge in [-0.2, -0.15) is 18.3 Å². The molecule has 1 aromatic carbocycles. The van der Waals surface area contributed by atoms with Gasteiger partial charge in [0, 0.05) is 19.8 Å². The van der Waals surface area contributed by atoms with Crippen molar-refractivity contribution in [3.63, 3.8) is 0 Å². The van der Waals surface area contributed by atoms with Gasteiger partial charge < -0.3 is 5.32 Å². The number of hydrogen-bond donors (Lipinski definition) is 1. The molecule has 1 N–H and O–H groups in total. The number of alkyl halides is 3. The third kappa shape index (κ3) is 5.43. The van der Waals surface area contributed by atoms with E-state index in [0.29, 0.717) is 12.1 Å². The second-order valence-electron chi connectivity index (χ2n) is 5.35. The first-order chi connectivity index (χ1) is 10.8. The summed E-state index contributed by atoms with van der Waals surface area (Å²) >= 11 is 0. The minimum atomic E-state index is -4.39. The number of hydrogen-bond acceptors (Lipinski definition) is 2. The summed E-state index contributed by atoms with van der Waals surface area (Å²) in [7, 11) is 1.83. The van der Waals surface area contributed by atoms with Gasteiger partial charge in [0.2, 0.25) is 5.91 Å². The maximum absolute atomic E-state index is 12.6. The lowest BCUT2D eigenvalue weighted by molar-refractivity contribution is -0.137. The molecule has 1 amide bonds. The summed E-state index contributed by atoms with van der Waals surface area (Å²) in [5.74, 6) is -0.282. The molecule has 124 valence electrons. The number of aromatic nitrogens is 2. The molecule has 0 bridgehead atoms. The van der Waals surface area contributed by atoms with Crippen LogP contribution in [-0.4, -0.2) is 22.2 Å². The third-order valence-electron chi connectivity index (χ3n) is 3.34. The molecule has 0 saturated carbocycles. The fourth-order valence-electron chi connectivity index (χ4n) is 2.23. The van der Waals surface area contributed by atoms with Crippen molar-refractivity contribution in [3.8, 4) is 0 Å². The summed E-state index contributed by atoms with van der Waals surface area (Å²) in [6, 6.07) is 4.84. The van der Waals surface area contributed by atoms with Crippen LogP contribution in [-0.2, 0) is 30.9 Å². The van der Waals surface area contributed by atoms with E-state index in [4.69, 9.17) is 0 Å². The van der Waals surface area contributed by atoms with Crippen LogP contribution in [0.1, 0.15) is 23.1 Å². The minimum absolute atomic E-state index is 0.0587. The lowest BCUT2D eigenvalue weighted by atomic mass is 10.1. The zero-order valence-corrected chi connectivity index (χ0v) is 12.7. The van der Waals surface area contributed by atoms with Gasteiger partial charge in [-0.1, -0.05) is 18.2 Å². The highest BCUT2D eigenvalue weighted by Gasteiger charge is 2.30. The fourth-order valence-corrected chi connectivity index (χ4v) is 2.23. The predicted octanol–water partition coefficient (Wildman–Crippen LogP) is 2.73. The van der Waals surface area contributed by atoms with Crippen molar-refractivity contribution in [1.29, 1.82) is 0 Å². The maximum Gasteiger partial charge on any atom is 0.416 e. The van der Waals surface area contributed by atoms with E-state index in [9.17, 15) is 18.0 Å². The molecule has 0 saturated heterocycles. The molecule has 0 atom stereocenters. The Balaban J connectivity index is 1.76. The van der Waals surface area contributed by atoms with Crippen LogP contribution in [0.15, 0.2) is 36.7 Å². The largest absolute Gasteiger partial charge is 0.416 e. The molecular weight excluding hydrogens is 307 g/mol. The van der Waals surface area contributed by atoms with E-state index >= 15 is 0 Å².